The SMILES string of the molecule is Cc1n[nH]c(C)c1CCCNC(=O)Nc1ccc(N2C(=O)CC[C@H]2C)cc1. The first-order chi connectivity index (χ1) is 13.0. The summed E-state index contributed by atoms with van der Waals surface area (Å²) in [4.78, 5) is 25.8. The Morgan fingerprint density at radius 2 is 2.04 bits per heavy atom. The van der Waals surface area contributed by atoms with E-state index in [9.17, 15) is 9.59 Å². The topological polar surface area (TPSA) is 90.1 Å². The van der Waals surface area contributed by atoms with Crippen LogP contribution in [0.15, 0.2) is 24.3 Å². The monoisotopic (exact) mass is 369 g/mol. The summed E-state index contributed by atoms with van der Waals surface area (Å²) in [5.74, 6) is 0.157. The average Bonchev–Trinajstić information content (AvgIpc) is 3.14. The van der Waals surface area contributed by atoms with Gasteiger partial charge in [-0.25, -0.2) is 4.79 Å². The number of aromatic nitrogens is 2. The molecule has 1 saturated heterocycles. The minimum atomic E-state index is -0.228. The number of nitrogens with zero attached hydrogens (tertiary/aromatic N) is 2. The van der Waals surface area contributed by atoms with Gasteiger partial charge in [0.05, 0.1) is 5.69 Å². The molecule has 1 aromatic heterocycles. The Hall–Kier alpha value is -2.83. The first-order valence-electron chi connectivity index (χ1n) is 9.43. The molecule has 0 saturated carbocycles. The average molecular weight is 369 g/mol. The number of aryl methyl sites for hydroxylation is 2. The summed E-state index contributed by atoms with van der Waals surface area (Å²) in [5.41, 5.74) is 4.91. The molecule has 3 N–H and O–H groups in total. The van der Waals surface area contributed by atoms with Gasteiger partial charge in [-0.15, -0.1) is 0 Å². The van der Waals surface area contributed by atoms with Crippen LogP contribution >= 0.6 is 0 Å². The number of aromatic amines is 1. The van der Waals surface area contributed by atoms with E-state index in [1.54, 1.807) is 0 Å². The summed E-state index contributed by atoms with van der Waals surface area (Å²) in [7, 11) is 0. The van der Waals surface area contributed by atoms with Crippen LogP contribution < -0.4 is 15.5 Å². The molecule has 1 fully saturated rings. The summed E-state index contributed by atoms with van der Waals surface area (Å²) in [5, 5.41) is 12.9. The van der Waals surface area contributed by atoms with E-state index in [0.717, 1.165) is 36.3 Å². The van der Waals surface area contributed by atoms with Gasteiger partial charge in [-0.05, 0) is 69.9 Å². The van der Waals surface area contributed by atoms with Crippen molar-refractivity contribution in [3.05, 3.63) is 41.2 Å². The number of urea groups is 1. The van der Waals surface area contributed by atoms with E-state index in [1.807, 2.05) is 43.0 Å². The minimum absolute atomic E-state index is 0.157. The second-order valence-corrected chi connectivity index (χ2v) is 7.10. The second-order valence-electron chi connectivity index (χ2n) is 7.10. The van der Waals surface area contributed by atoms with E-state index in [2.05, 4.69) is 27.8 Å². The molecule has 0 unspecified atom stereocenters. The zero-order valence-corrected chi connectivity index (χ0v) is 16.1. The third-order valence-electron chi connectivity index (χ3n) is 5.06. The van der Waals surface area contributed by atoms with E-state index >= 15 is 0 Å². The van der Waals surface area contributed by atoms with Crippen LogP contribution in [-0.4, -0.2) is 34.7 Å². The molecule has 7 nitrogen and oxygen atoms in total. The Morgan fingerprint density at radius 3 is 2.63 bits per heavy atom. The van der Waals surface area contributed by atoms with Crippen molar-refractivity contribution in [2.24, 2.45) is 0 Å². The molecule has 0 aliphatic carbocycles. The summed E-state index contributed by atoms with van der Waals surface area (Å²) in [6.07, 6.45) is 3.22. The van der Waals surface area contributed by atoms with Gasteiger partial charge in [-0.3, -0.25) is 9.89 Å². The Kier molecular flexibility index (Phi) is 5.78. The zero-order valence-electron chi connectivity index (χ0n) is 16.1. The largest absolute Gasteiger partial charge is 0.338 e. The van der Waals surface area contributed by atoms with Crippen LogP contribution in [0, 0.1) is 13.8 Å². The predicted molar refractivity (Wildman–Crippen MR) is 106 cm³/mol. The highest BCUT2D eigenvalue weighted by Gasteiger charge is 2.28. The van der Waals surface area contributed by atoms with E-state index in [-0.39, 0.29) is 18.0 Å². The van der Waals surface area contributed by atoms with Gasteiger partial charge in [0.15, 0.2) is 0 Å². The molecule has 1 aliphatic rings. The van der Waals surface area contributed by atoms with Crippen LogP contribution in [-0.2, 0) is 11.2 Å². The molecular formula is C20H27N5O2. The third kappa shape index (κ3) is 4.48. The molecule has 1 aromatic carbocycles. The van der Waals surface area contributed by atoms with Gasteiger partial charge < -0.3 is 15.5 Å². The summed E-state index contributed by atoms with van der Waals surface area (Å²) >= 11 is 0. The maximum atomic E-state index is 12.0. The van der Waals surface area contributed by atoms with Gasteiger partial charge in [0, 0.05) is 36.1 Å². The smallest absolute Gasteiger partial charge is 0.319 e. The molecular weight excluding hydrogens is 342 g/mol. The lowest BCUT2D eigenvalue weighted by molar-refractivity contribution is -0.117. The molecule has 3 rings (SSSR count). The molecule has 2 heterocycles. The number of anilines is 2. The first kappa shape index (κ1) is 18.9. The number of hydrogen-bond donors (Lipinski definition) is 3. The summed E-state index contributed by atoms with van der Waals surface area (Å²) in [6, 6.07) is 7.40. The van der Waals surface area contributed by atoms with Gasteiger partial charge in [-0.2, -0.15) is 5.10 Å². The van der Waals surface area contributed by atoms with E-state index < -0.39 is 0 Å². The van der Waals surface area contributed by atoms with E-state index in [0.29, 0.717) is 18.7 Å². The highest BCUT2D eigenvalue weighted by Crippen LogP contribution is 2.27. The molecule has 144 valence electrons. The van der Waals surface area contributed by atoms with Crippen molar-refractivity contribution >= 4 is 23.3 Å². The molecule has 0 radical (unpaired) electrons. The Balaban J connectivity index is 1.45. The number of amides is 3. The van der Waals surface area contributed by atoms with Gasteiger partial charge >= 0.3 is 6.03 Å². The number of rotatable bonds is 6. The normalized spacial score (nSPS) is 16.6. The Bertz CT molecular complexity index is 793. The minimum Gasteiger partial charge on any atom is -0.338 e. The Morgan fingerprint density at radius 1 is 1.30 bits per heavy atom. The molecule has 27 heavy (non-hydrogen) atoms. The number of nitrogens with one attached hydrogen (secondary N) is 3. The maximum absolute atomic E-state index is 12.0. The van der Waals surface area contributed by atoms with Crippen LogP contribution in [0.4, 0.5) is 16.2 Å². The molecule has 0 bridgehead atoms. The number of H-pyrrole nitrogens is 1. The molecule has 2 aromatic rings. The first-order valence-corrected chi connectivity index (χ1v) is 9.43. The molecule has 1 aliphatic heterocycles. The van der Waals surface area contributed by atoms with Crippen LogP contribution in [0.2, 0.25) is 0 Å². The Labute approximate surface area is 159 Å². The summed E-state index contributed by atoms with van der Waals surface area (Å²) < 4.78 is 0. The lowest BCUT2D eigenvalue weighted by Crippen LogP contribution is -2.31. The second kappa shape index (κ2) is 8.24. The fourth-order valence-electron chi connectivity index (χ4n) is 3.52. The molecule has 1 atom stereocenters. The van der Waals surface area contributed by atoms with Gasteiger partial charge in [0.25, 0.3) is 0 Å². The summed E-state index contributed by atoms with van der Waals surface area (Å²) in [6.45, 7) is 6.64. The highest BCUT2D eigenvalue weighted by atomic mass is 16.2. The van der Waals surface area contributed by atoms with E-state index in [4.69, 9.17) is 0 Å². The highest BCUT2D eigenvalue weighted by molar-refractivity contribution is 5.96. The standard InChI is InChI=1S/C20H27N5O2/c1-13-6-11-19(26)25(13)17-9-7-16(8-10-17)22-20(27)21-12-4-5-18-14(2)23-24-15(18)3/h7-10,13H,4-6,11-12H2,1-3H3,(H,23,24)(H2,21,22,27)/t13-/m1/s1. The molecule has 0 spiro atoms. The third-order valence-corrected chi connectivity index (χ3v) is 5.06. The molecule has 7 heteroatoms. The van der Waals surface area contributed by atoms with Crippen LogP contribution in [0.1, 0.15) is 43.1 Å². The van der Waals surface area contributed by atoms with Crippen molar-refractivity contribution in [3.63, 3.8) is 0 Å². The van der Waals surface area contributed by atoms with Crippen molar-refractivity contribution < 1.29 is 9.59 Å². The number of hydrogen-bond acceptors (Lipinski definition) is 3. The predicted octanol–water partition coefficient (Wildman–Crippen LogP) is 3.30. The lowest BCUT2D eigenvalue weighted by Gasteiger charge is -2.22. The van der Waals surface area contributed by atoms with Gasteiger partial charge in [-0.1, -0.05) is 0 Å². The van der Waals surface area contributed by atoms with Crippen molar-refractivity contribution in [1.82, 2.24) is 15.5 Å². The van der Waals surface area contributed by atoms with Crippen LogP contribution in [0.25, 0.3) is 0 Å². The van der Waals surface area contributed by atoms with Crippen molar-refractivity contribution in [3.8, 4) is 0 Å². The fourth-order valence-corrected chi connectivity index (χ4v) is 3.52. The van der Waals surface area contributed by atoms with Crippen molar-refractivity contribution in [1.29, 1.82) is 0 Å². The van der Waals surface area contributed by atoms with Crippen molar-refractivity contribution in [2.45, 2.75) is 52.5 Å². The number of benzene rings is 1. The van der Waals surface area contributed by atoms with E-state index in [1.165, 1.54) is 5.56 Å². The fraction of sp³-hybridized carbons (Fsp3) is 0.450. The van der Waals surface area contributed by atoms with Crippen molar-refractivity contribution in [2.75, 3.05) is 16.8 Å². The maximum Gasteiger partial charge on any atom is 0.319 e. The molecule has 3 amide bonds. The zero-order chi connectivity index (χ0) is 19.4. The van der Waals surface area contributed by atoms with Gasteiger partial charge in [0.2, 0.25) is 5.91 Å². The van der Waals surface area contributed by atoms with Gasteiger partial charge in [0.1, 0.15) is 0 Å². The number of carbonyl (C=O) groups is 2. The number of carbonyl (C=O) groups excluding carboxylic acids is 2. The van der Waals surface area contributed by atoms with Crippen LogP contribution in [0.3, 0.4) is 0 Å². The lowest BCUT2D eigenvalue weighted by atomic mass is 10.1. The van der Waals surface area contributed by atoms with Crippen LogP contribution in [0.5, 0.6) is 0 Å². The quantitative estimate of drug-likeness (QED) is 0.683.